The summed E-state index contributed by atoms with van der Waals surface area (Å²) < 4.78 is 14.8. The number of hydrogen-bond acceptors (Lipinski definition) is 7. The fourth-order valence-electron chi connectivity index (χ4n) is 5.86. The second-order valence-electron chi connectivity index (χ2n) is 9.93. The molecular weight excluding hydrogens is 463 g/mol. The first-order chi connectivity index (χ1) is 17.6. The quantitative estimate of drug-likeness (QED) is 0.508. The molecule has 1 aliphatic carbocycles. The number of rotatable bonds is 4. The first kappa shape index (κ1) is 22.8. The molecule has 3 atom stereocenters. The van der Waals surface area contributed by atoms with Crippen LogP contribution in [-0.4, -0.2) is 69.3 Å². The fraction of sp³-hybridized carbons (Fsp3) is 0.480. The molecule has 1 aromatic carbocycles. The number of halogens is 1. The minimum atomic E-state index is -0.509. The Hall–Kier alpha value is -3.60. The Morgan fingerprint density at radius 1 is 1.06 bits per heavy atom. The second kappa shape index (κ2) is 9.45. The molecule has 2 aliphatic heterocycles. The van der Waals surface area contributed by atoms with Crippen molar-refractivity contribution in [3.05, 3.63) is 47.3 Å². The zero-order valence-electron chi connectivity index (χ0n) is 19.9. The summed E-state index contributed by atoms with van der Waals surface area (Å²) in [6, 6.07) is 8.63. The van der Waals surface area contributed by atoms with Crippen LogP contribution in [0.4, 0.5) is 10.2 Å². The van der Waals surface area contributed by atoms with Crippen LogP contribution in [0.2, 0.25) is 0 Å². The number of pyridine rings is 1. The van der Waals surface area contributed by atoms with Crippen LogP contribution in [0.15, 0.2) is 30.3 Å². The predicted octanol–water partition coefficient (Wildman–Crippen LogP) is 1.81. The van der Waals surface area contributed by atoms with Crippen LogP contribution in [-0.2, 0) is 11.2 Å². The van der Waals surface area contributed by atoms with Crippen LogP contribution in [0.25, 0.3) is 11.2 Å². The van der Waals surface area contributed by atoms with E-state index < -0.39 is 5.82 Å². The van der Waals surface area contributed by atoms with E-state index in [9.17, 15) is 14.0 Å². The van der Waals surface area contributed by atoms with Gasteiger partial charge in [-0.25, -0.2) is 14.8 Å². The molecule has 1 saturated carbocycles. The first-order valence-corrected chi connectivity index (χ1v) is 12.6. The second-order valence-corrected chi connectivity index (χ2v) is 9.93. The van der Waals surface area contributed by atoms with Gasteiger partial charge in [0.15, 0.2) is 0 Å². The molecule has 3 aromatic rings. The van der Waals surface area contributed by atoms with Gasteiger partial charge in [-0.15, -0.1) is 5.10 Å². The van der Waals surface area contributed by atoms with E-state index in [1.165, 1.54) is 6.07 Å². The number of hydrogen-bond donors (Lipinski definition) is 3. The van der Waals surface area contributed by atoms with Gasteiger partial charge in [0.2, 0.25) is 11.6 Å². The lowest BCUT2D eigenvalue weighted by Crippen LogP contribution is -2.60. The largest absolute Gasteiger partial charge is 0.353 e. The minimum Gasteiger partial charge on any atom is -0.353 e. The molecule has 2 saturated heterocycles. The zero-order valence-corrected chi connectivity index (χ0v) is 19.9. The number of nitrogens with one attached hydrogen (secondary N) is 3. The molecule has 4 heterocycles. The zero-order chi connectivity index (χ0) is 24.6. The average Bonchev–Trinajstić information content (AvgIpc) is 3.39. The maximum Gasteiger partial charge on any atom is 0.256 e. The van der Waals surface area contributed by atoms with E-state index in [4.69, 9.17) is 0 Å². The number of hydrazine groups is 1. The number of fused-ring (bicyclic) bond motifs is 2. The predicted molar refractivity (Wildman–Crippen MR) is 130 cm³/mol. The molecule has 11 heteroatoms. The maximum atomic E-state index is 14.8. The molecule has 3 unspecified atom stereocenters. The summed E-state index contributed by atoms with van der Waals surface area (Å²) in [6.45, 7) is 2.14. The summed E-state index contributed by atoms with van der Waals surface area (Å²) in [5.74, 6) is 0.335. The number of H-pyrrole nitrogens is 1. The van der Waals surface area contributed by atoms with E-state index in [1.807, 2.05) is 12.1 Å². The highest BCUT2D eigenvalue weighted by Crippen LogP contribution is 2.35. The molecule has 2 aromatic heterocycles. The van der Waals surface area contributed by atoms with Crippen molar-refractivity contribution < 1.29 is 14.0 Å². The summed E-state index contributed by atoms with van der Waals surface area (Å²) in [5, 5.41) is 10.6. The molecule has 0 radical (unpaired) electrons. The van der Waals surface area contributed by atoms with Crippen LogP contribution in [0.5, 0.6) is 0 Å². The molecule has 0 bridgehead atoms. The van der Waals surface area contributed by atoms with Gasteiger partial charge in [-0.05, 0) is 55.0 Å². The number of anilines is 1. The lowest BCUT2D eigenvalue weighted by atomic mass is 9.72. The minimum absolute atomic E-state index is 0.0299. The van der Waals surface area contributed by atoms with Crippen LogP contribution in [0, 0.1) is 17.7 Å². The summed E-state index contributed by atoms with van der Waals surface area (Å²) in [7, 11) is 0. The number of nitrogens with zero attached hydrogens (tertiary/aromatic N) is 5. The number of carbonyl (C=O) groups excluding carboxylic acids is 2. The van der Waals surface area contributed by atoms with Crippen LogP contribution in [0.1, 0.15) is 41.6 Å². The summed E-state index contributed by atoms with van der Waals surface area (Å²) in [5.41, 5.74) is 8.23. The molecule has 3 N–H and O–H groups in total. The number of aromatic amines is 1. The van der Waals surface area contributed by atoms with E-state index in [0.717, 1.165) is 37.1 Å². The van der Waals surface area contributed by atoms with Gasteiger partial charge >= 0.3 is 0 Å². The lowest BCUT2D eigenvalue weighted by molar-refractivity contribution is -0.133. The normalized spacial score (nSPS) is 24.5. The van der Waals surface area contributed by atoms with Crippen molar-refractivity contribution >= 4 is 28.8 Å². The highest BCUT2D eigenvalue weighted by atomic mass is 19.1. The van der Waals surface area contributed by atoms with Gasteiger partial charge < -0.3 is 9.80 Å². The maximum absolute atomic E-state index is 14.8. The van der Waals surface area contributed by atoms with Gasteiger partial charge in [0.05, 0.1) is 5.56 Å². The van der Waals surface area contributed by atoms with E-state index in [1.54, 1.807) is 17.0 Å². The van der Waals surface area contributed by atoms with Crippen molar-refractivity contribution in [2.24, 2.45) is 11.8 Å². The highest BCUT2D eigenvalue weighted by molar-refractivity contribution is 5.95. The van der Waals surface area contributed by atoms with Crippen molar-refractivity contribution in [1.82, 2.24) is 36.1 Å². The van der Waals surface area contributed by atoms with Gasteiger partial charge in [0, 0.05) is 38.1 Å². The van der Waals surface area contributed by atoms with Gasteiger partial charge in [0.1, 0.15) is 17.2 Å². The van der Waals surface area contributed by atoms with Crippen LogP contribution in [0.3, 0.4) is 0 Å². The fourth-order valence-corrected chi connectivity index (χ4v) is 5.86. The topological polar surface area (TPSA) is 119 Å². The molecule has 2 amide bonds. The SMILES string of the molecule is O=C1NNC(Cc2ccc(F)c(C(=O)N3CCN(c4ccc5n[nH]nc5n4)CC3)c2)C2CCCCC12. The molecule has 6 rings (SSSR count). The van der Waals surface area contributed by atoms with Crippen LogP contribution >= 0.6 is 0 Å². The highest BCUT2D eigenvalue weighted by Gasteiger charge is 2.40. The summed E-state index contributed by atoms with van der Waals surface area (Å²) in [4.78, 5) is 33.9. The molecule has 188 valence electrons. The third-order valence-corrected chi connectivity index (χ3v) is 7.83. The van der Waals surface area contributed by atoms with Crippen LogP contribution < -0.4 is 15.8 Å². The summed E-state index contributed by atoms with van der Waals surface area (Å²) in [6.07, 6.45) is 4.75. The first-order valence-electron chi connectivity index (χ1n) is 12.6. The average molecular weight is 493 g/mol. The van der Waals surface area contributed by atoms with Gasteiger partial charge in [0.25, 0.3) is 5.91 Å². The molecule has 10 nitrogen and oxygen atoms in total. The Kier molecular flexibility index (Phi) is 6.00. The van der Waals surface area contributed by atoms with Crippen molar-refractivity contribution in [3.63, 3.8) is 0 Å². The van der Waals surface area contributed by atoms with Crippen molar-refractivity contribution in [2.75, 3.05) is 31.1 Å². The van der Waals surface area contributed by atoms with Gasteiger partial charge in [-0.3, -0.25) is 15.0 Å². The molecule has 3 aliphatic rings. The molecule has 0 spiro atoms. The number of piperazine rings is 1. The third-order valence-electron chi connectivity index (χ3n) is 7.83. The Labute approximate surface area is 207 Å². The Bertz CT molecular complexity index is 1290. The lowest BCUT2D eigenvalue weighted by Gasteiger charge is -2.41. The third kappa shape index (κ3) is 4.27. The van der Waals surface area contributed by atoms with E-state index in [-0.39, 0.29) is 35.3 Å². The number of benzene rings is 1. The van der Waals surface area contributed by atoms with Crippen molar-refractivity contribution in [3.8, 4) is 0 Å². The Balaban J connectivity index is 1.13. The number of aromatic nitrogens is 4. The van der Waals surface area contributed by atoms with Crippen molar-refractivity contribution in [2.45, 2.75) is 38.1 Å². The van der Waals surface area contributed by atoms with Gasteiger partial charge in [-0.1, -0.05) is 18.9 Å². The molecule has 3 fully saturated rings. The molecule has 36 heavy (non-hydrogen) atoms. The van der Waals surface area contributed by atoms with E-state index in [2.05, 4.69) is 36.1 Å². The van der Waals surface area contributed by atoms with E-state index >= 15 is 0 Å². The van der Waals surface area contributed by atoms with Gasteiger partial charge in [-0.2, -0.15) is 10.3 Å². The standard InChI is InChI=1S/C25H29FN8O2/c26-19-6-5-15(14-21-16-3-1-2-4-17(16)24(35)31-28-21)13-18(19)25(36)34-11-9-33(10-12-34)22-8-7-20-23(27-22)30-32-29-20/h5-8,13,16-17,21,28H,1-4,9-12,14H2,(H,31,35)(H,27,29,30,32). The monoisotopic (exact) mass is 492 g/mol. The Morgan fingerprint density at radius 3 is 2.75 bits per heavy atom. The smallest absolute Gasteiger partial charge is 0.256 e. The number of amides is 2. The molecular formula is C25H29FN8O2. The number of carbonyl (C=O) groups is 2. The van der Waals surface area contributed by atoms with Crippen molar-refractivity contribution in [1.29, 1.82) is 0 Å². The summed E-state index contributed by atoms with van der Waals surface area (Å²) >= 11 is 0. The van der Waals surface area contributed by atoms with E-state index in [0.29, 0.717) is 43.8 Å². The Morgan fingerprint density at radius 2 is 1.89 bits per heavy atom.